The van der Waals surface area contributed by atoms with Gasteiger partial charge in [0.25, 0.3) is 0 Å². The van der Waals surface area contributed by atoms with Gasteiger partial charge in [-0.2, -0.15) is 5.10 Å². The Morgan fingerprint density at radius 3 is 2.73 bits per heavy atom. The molecule has 9 heteroatoms. The van der Waals surface area contributed by atoms with Gasteiger partial charge in [-0.15, -0.1) is 24.0 Å². The minimum atomic E-state index is -2.94. The standard InChI is InChI=1S/C17H31N5O2S.HI/c1-4-18-17(20-14(2)10-12-25(3,23)24)19-13-15-9-11-22(21-15)16-7-5-6-8-16;/h9,11,14,16H,4-8,10,12-13H2,1-3H3,(H2,18,19,20);1H. The van der Waals surface area contributed by atoms with Crippen molar-refractivity contribution in [2.24, 2.45) is 4.99 Å². The quantitative estimate of drug-likeness (QED) is 0.328. The summed E-state index contributed by atoms with van der Waals surface area (Å²) in [6.45, 7) is 5.23. The SMILES string of the molecule is CCNC(=NCc1ccn(C2CCCC2)n1)NC(C)CCS(C)(=O)=O.I. The highest BCUT2D eigenvalue weighted by Gasteiger charge is 2.17. The smallest absolute Gasteiger partial charge is 0.191 e. The van der Waals surface area contributed by atoms with Crippen molar-refractivity contribution in [1.82, 2.24) is 20.4 Å². The van der Waals surface area contributed by atoms with E-state index >= 15 is 0 Å². The van der Waals surface area contributed by atoms with Gasteiger partial charge in [-0.25, -0.2) is 13.4 Å². The maximum Gasteiger partial charge on any atom is 0.191 e. The topological polar surface area (TPSA) is 88.4 Å². The first-order valence-corrected chi connectivity index (χ1v) is 11.2. The molecular weight excluding hydrogens is 465 g/mol. The van der Waals surface area contributed by atoms with Crippen LogP contribution in [-0.4, -0.2) is 48.8 Å². The second kappa shape index (κ2) is 11.1. The molecule has 1 heterocycles. The maximum absolute atomic E-state index is 11.3. The van der Waals surface area contributed by atoms with Crippen molar-refractivity contribution in [3.8, 4) is 0 Å². The Morgan fingerprint density at radius 2 is 2.12 bits per heavy atom. The first kappa shape index (κ1) is 23.2. The van der Waals surface area contributed by atoms with Gasteiger partial charge < -0.3 is 10.6 Å². The van der Waals surface area contributed by atoms with Crippen molar-refractivity contribution in [3.05, 3.63) is 18.0 Å². The highest BCUT2D eigenvalue weighted by molar-refractivity contribution is 14.0. The van der Waals surface area contributed by atoms with Crippen molar-refractivity contribution in [2.75, 3.05) is 18.6 Å². The van der Waals surface area contributed by atoms with Gasteiger partial charge in [0.05, 0.1) is 24.0 Å². The largest absolute Gasteiger partial charge is 0.357 e. The lowest BCUT2D eigenvalue weighted by Crippen LogP contribution is -2.42. The van der Waals surface area contributed by atoms with Crippen LogP contribution >= 0.6 is 24.0 Å². The Bertz CT molecular complexity index is 668. The first-order chi connectivity index (χ1) is 11.9. The summed E-state index contributed by atoms with van der Waals surface area (Å²) in [4.78, 5) is 4.58. The van der Waals surface area contributed by atoms with Gasteiger partial charge in [-0.05, 0) is 39.2 Å². The molecule has 2 N–H and O–H groups in total. The molecule has 2 rings (SSSR count). The van der Waals surface area contributed by atoms with Crippen LogP contribution in [0.3, 0.4) is 0 Å². The summed E-state index contributed by atoms with van der Waals surface area (Å²) < 4.78 is 24.6. The molecule has 0 radical (unpaired) electrons. The van der Waals surface area contributed by atoms with Crippen LogP contribution in [0.25, 0.3) is 0 Å². The van der Waals surface area contributed by atoms with Crippen LogP contribution in [0.2, 0.25) is 0 Å². The fourth-order valence-electron chi connectivity index (χ4n) is 3.01. The van der Waals surface area contributed by atoms with E-state index in [0.717, 1.165) is 12.2 Å². The number of hydrogen-bond acceptors (Lipinski definition) is 4. The van der Waals surface area contributed by atoms with E-state index in [1.165, 1.54) is 31.9 Å². The lowest BCUT2D eigenvalue weighted by Gasteiger charge is -2.17. The molecular formula is C17H32IN5O2S. The molecule has 1 aliphatic rings. The van der Waals surface area contributed by atoms with Gasteiger partial charge in [-0.3, -0.25) is 4.68 Å². The van der Waals surface area contributed by atoms with Crippen LogP contribution in [0.15, 0.2) is 17.3 Å². The summed E-state index contributed by atoms with van der Waals surface area (Å²) >= 11 is 0. The van der Waals surface area contributed by atoms with Crippen LogP contribution in [-0.2, 0) is 16.4 Å². The molecule has 0 aromatic carbocycles. The zero-order valence-electron chi connectivity index (χ0n) is 15.9. The van der Waals surface area contributed by atoms with E-state index in [-0.39, 0.29) is 35.8 Å². The molecule has 0 amide bonds. The van der Waals surface area contributed by atoms with Gasteiger partial charge in [-0.1, -0.05) is 12.8 Å². The molecule has 0 saturated heterocycles. The number of nitrogens with one attached hydrogen (secondary N) is 2. The summed E-state index contributed by atoms with van der Waals surface area (Å²) in [5.41, 5.74) is 0.952. The van der Waals surface area contributed by atoms with Crippen molar-refractivity contribution in [2.45, 2.75) is 64.6 Å². The highest BCUT2D eigenvalue weighted by Crippen LogP contribution is 2.28. The number of guanidine groups is 1. The molecule has 26 heavy (non-hydrogen) atoms. The Labute approximate surface area is 174 Å². The number of hydrogen-bond donors (Lipinski definition) is 2. The molecule has 7 nitrogen and oxygen atoms in total. The van der Waals surface area contributed by atoms with Crippen LogP contribution in [0.5, 0.6) is 0 Å². The molecule has 150 valence electrons. The normalized spacial score (nSPS) is 17.0. The maximum atomic E-state index is 11.3. The van der Waals surface area contributed by atoms with Gasteiger partial charge >= 0.3 is 0 Å². The van der Waals surface area contributed by atoms with Crippen molar-refractivity contribution in [3.63, 3.8) is 0 Å². The molecule has 1 aromatic heterocycles. The second-order valence-electron chi connectivity index (χ2n) is 6.88. The average Bonchev–Trinajstić information content (AvgIpc) is 3.21. The predicted octanol–water partition coefficient (Wildman–Crippen LogP) is 2.49. The highest BCUT2D eigenvalue weighted by atomic mass is 127. The Morgan fingerprint density at radius 1 is 1.42 bits per heavy atom. The molecule has 0 spiro atoms. The van der Waals surface area contributed by atoms with E-state index in [0.29, 0.717) is 25.0 Å². The number of aromatic nitrogens is 2. The van der Waals surface area contributed by atoms with Gasteiger partial charge in [0.2, 0.25) is 0 Å². The van der Waals surface area contributed by atoms with E-state index in [9.17, 15) is 8.42 Å². The fourth-order valence-corrected chi connectivity index (χ4v) is 3.79. The summed E-state index contributed by atoms with van der Waals surface area (Å²) in [5, 5.41) is 11.1. The van der Waals surface area contributed by atoms with Crippen LogP contribution in [0.1, 0.15) is 57.7 Å². The lowest BCUT2D eigenvalue weighted by atomic mass is 10.3. The summed E-state index contributed by atoms with van der Waals surface area (Å²) in [5.74, 6) is 0.866. The molecule has 1 fully saturated rings. The molecule has 0 aliphatic heterocycles. The van der Waals surface area contributed by atoms with Crippen LogP contribution in [0.4, 0.5) is 0 Å². The lowest BCUT2D eigenvalue weighted by molar-refractivity contribution is 0.463. The monoisotopic (exact) mass is 497 g/mol. The van der Waals surface area contributed by atoms with Crippen molar-refractivity contribution < 1.29 is 8.42 Å². The predicted molar refractivity (Wildman–Crippen MR) is 117 cm³/mol. The van der Waals surface area contributed by atoms with Crippen molar-refractivity contribution >= 4 is 39.8 Å². The fraction of sp³-hybridized carbons (Fsp3) is 0.765. The minimum Gasteiger partial charge on any atom is -0.357 e. The number of halogens is 1. The van der Waals surface area contributed by atoms with Crippen LogP contribution in [0, 0.1) is 0 Å². The van der Waals surface area contributed by atoms with Crippen molar-refractivity contribution in [1.29, 1.82) is 0 Å². The minimum absolute atomic E-state index is 0. The Balaban J connectivity index is 0.00000338. The van der Waals surface area contributed by atoms with Gasteiger partial charge in [0.1, 0.15) is 9.84 Å². The Hall–Kier alpha value is -0.840. The zero-order chi connectivity index (χ0) is 18.3. The molecule has 1 unspecified atom stereocenters. The van der Waals surface area contributed by atoms with E-state index in [2.05, 4.69) is 31.6 Å². The summed E-state index contributed by atoms with van der Waals surface area (Å²) in [7, 11) is -2.94. The van der Waals surface area contributed by atoms with Gasteiger partial charge in [0.15, 0.2) is 5.96 Å². The molecule has 0 bridgehead atoms. The van der Waals surface area contributed by atoms with E-state index < -0.39 is 9.84 Å². The zero-order valence-corrected chi connectivity index (χ0v) is 19.1. The number of nitrogens with zero attached hydrogens (tertiary/aromatic N) is 3. The van der Waals surface area contributed by atoms with E-state index in [1.54, 1.807) is 0 Å². The Kier molecular flexibility index (Phi) is 9.91. The second-order valence-corrected chi connectivity index (χ2v) is 9.14. The third-order valence-corrected chi connectivity index (χ3v) is 5.39. The third-order valence-electron chi connectivity index (χ3n) is 4.41. The third kappa shape index (κ3) is 8.24. The molecule has 1 aromatic rings. The number of sulfone groups is 1. The van der Waals surface area contributed by atoms with E-state index in [4.69, 9.17) is 0 Å². The number of aliphatic imine (C=N–C) groups is 1. The summed E-state index contributed by atoms with van der Waals surface area (Å²) in [6.07, 6.45) is 8.88. The van der Waals surface area contributed by atoms with Crippen LogP contribution < -0.4 is 10.6 Å². The number of rotatable bonds is 8. The molecule has 1 atom stereocenters. The summed E-state index contributed by atoms with van der Waals surface area (Å²) in [6, 6.07) is 2.60. The van der Waals surface area contributed by atoms with Gasteiger partial charge in [0, 0.05) is 25.0 Å². The molecule has 1 saturated carbocycles. The average molecular weight is 497 g/mol. The molecule has 1 aliphatic carbocycles. The van der Waals surface area contributed by atoms with E-state index in [1.807, 2.05) is 19.9 Å². The first-order valence-electron chi connectivity index (χ1n) is 9.14.